The lowest BCUT2D eigenvalue weighted by atomic mass is 9.91. The van der Waals surface area contributed by atoms with Gasteiger partial charge in [0.05, 0.1) is 19.4 Å². The van der Waals surface area contributed by atoms with Crippen LogP contribution in [-0.2, 0) is 6.42 Å². The average molecular weight is 527 g/mol. The van der Waals surface area contributed by atoms with Gasteiger partial charge in [-0.25, -0.2) is 0 Å². The predicted octanol–water partition coefficient (Wildman–Crippen LogP) is 6.94. The molecule has 2 heterocycles. The van der Waals surface area contributed by atoms with Gasteiger partial charge in [0.15, 0.2) is 22.9 Å². The maximum atomic E-state index is 11.8. The lowest BCUT2D eigenvalue weighted by Crippen LogP contribution is -2.35. The molecule has 0 aliphatic carbocycles. The first-order valence-electron chi connectivity index (χ1n) is 14.0. The molecule has 0 N–H and O–H groups in total. The van der Waals surface area contributed by atoms with Gasteiger partial charge in [0, 0.05) is 16.9 Å². The van der Waals surface area contributed by atoms with Gasteiger partial charge in [0.1, 0.15) is 0 Å². The summed E-state index contributed by atoms with van der Waals surface area (Å²) in [5.74, 6) is 2.16. The van der Waals surface area contributed by atoms with E-state index in [9.17, 15) is 4.79 Å². The highest BCUT2D eigenvalue weighted by Crippen LogP contribution is 2.33. The number of nitrogens with zero attached hydrogens (tertiary/aromatic N) is 2. The molecular weight excluding hydrogens is 488 g/mol. The van der Waals surface area contributed by atoms with Crippen molar-refractivity contribution in [1.29, 1.82) is 0 Å². The molecule has 6 heteroatoms. The van der Waals surface area contributed by atoms with Gasteiger partial charge in [0.2, 0.25) is 0 Å². The van der Waals surface area contributed by atoms with E-state index in [0.29, 0.717) is 35.5 Å². The number of ketones is 1. The first-order valence-corrected chi connectivity index (χ1v) is 14.0. The number of methoxy groups -OCH3 is 1. The number of carbonyl (C=O) groups excluding carboxylic acids is 1. The van der Waals surface area contributed by atoms with E-state index in [1.54, 1.807) is 26.2 Å². The number of ether oxygens (including phenoxy) is 2. The van der Waals surface area contributed by atoms with Crippen molar-refractivity contribution >= 4 is 16.8 Å². The van der Waals surface area contributed by atoms with Gasteiger partial charge in [0.25, 0.3) is 0 Å². The van der Waals surface area contributed by atoms with Crippen molar-refractivity contribution in [3.8, 4) is 11.5 Å². The van der Waals surface area contributed by atoms with Crippen LogP contribution in [0.25, 0.3) is 11.0 Å². The Morgan fingerprint density at radius 3 is 2.54 bits per heavy atom. The highest BCUT2D eigenvalue weighted by Gasteiger charge is 2.25. The Morgan fingerprint density at radius 1 is 1.00 bits per heavy atom. The van der Waals surface area contributed by atoms with Crippen LogP contribution in [0.3, 0.4) is 0 Å². The van der Waals surface area contributed by atoms with E-state index in [4.69, 9.17) is 14.0 Å². The smallest absolute Gasteiger partial charge is 0.167 e. The quantitative estimate of drug-likeness (QED) is 0.186. The molecule has 5 rings (SSSR count). The molecule has 4 aromatic rings. The van der Waals surface area contributed by atoms with E-state index in [-0.39, 0.29) is 5.78 Å². The van der Waals surface area contributed by atoms with Crippen LogP contribution in [0.2, 0.25) is 0 Å². The third-order valence-corrected chi connectivity index (χ3v) is 7.96. The van der Waals surface area contributed by atoms with E-state index in [1.807, 2.05) is 18.2 Å². The maximum absolute atomic E-state index is 11.8. The number of carbonyl (C=O) groups is 1. The molecule has 0 radical (unpaired) electrons. The summed E-state index contributed by atoms with van der Waals surface area (Å²) in [6.07, 6.45) is 5.34. The first kappa shape index (κ1) is 26.9. The van der Waals surface area contributed by atoms with E-state index < -0.39 is 0 Å². The lowest BCUT2D eigenvalue weighted by Gasteiger charge is -2.32. The Labute approximate surface area is 230 Å². The normalized spacial score (nSPS) is 15.3. The summed E-state index contributed by atoms with van der Waals surface area (Å²) in [6, 6.07) is 24.2. The van der Waals surface area contributed by atoms with Crippen molar-refractivity contribution in [2.45, 2.75) is 44.9 Å². The highest BCUT2D eigenvalue weighted by atomic mass is 16.5. The standard InChI is InChI=1S/C33H38N2O4/c1-24(36)28-14-15-31(32(22-28)37-2)38-23-26(13-12-25-8-4-3-5-9-25)16-19-35-20-17-27(18-21-35)33-29-10-6-7-11-30(29)39-34-33/h3-11,14-15,22,26-27H,12-13,16-21,23H2,1-2H3/t26-/m0/s1. The van der Waals surface area contributed by atoms with Crippen molar-refractivity contribution < 1.29 is 18.8 Å². The molecule has 3 aromatic carbocycles. The minimum absolute atomic E-state index is 0.0149. The van der Waals surface area contributed by atoms with Crippen molar-refractivity contribution in [2.24, 2.45) is 5.92 Å². The van der Waals surface area contributed by atoms with Crippen molar-refractivity contribution in [3.63, 3.8) is 0 Å². The number of aromatic nitrogens is 1. The summed E-state index contributed by atoms with van der Waals surface area (Å²) in [5, 5.41) is 5.57. The largest absolute Gasteiger partial charge is 0.493 e. The van der Waals surface area contributed by atoms with Crippen LogP contribution in [0.15, 0.2) is 77.3 Å². The zero-order valence-electron chi connectivity index (χ0n) is 23.0. The number of likely N-dealkylation sites (tertiary alicyclic amines) is 1. The van der Waals surface area contributed by atoms with Crippen molar-refractivity contribution in [2.75, 3.05) is 33.4 Å². The summed E-state index contributed by atoms with van der Waals surface area (Å²) in [6.45, 7) is 5.36. The molecule has 0 bridgehead atoms. The Balaban J connectivity index is 1.18. The number of benzene rings is 3. The molecule has 204 valence electrons. The summed E-state index contributed by atoms with van der Waals surface area (Å²) < 4.78 is 17.4. The van der Waals surface area contributed by atoms with Crippen molar-refractivity contribution in [1.82, 2.24) is 10.1 Å². The molecule has 1 fully saturated rings. The fourth-order valence-electron chi connectivity index (χ4n) is 5.53. The number of hydrogen-bond acceptors (Lipinski definition) is 6. The molecule has 0 unspecified atom stereocenters. The lowest BCUT2D eigenvalue weighted by molar-refractivity contribution is 0.101. The van der Waals surface area contributed by atoms with Gasteiger partial charge in [-0.1, -0.05) is 47.6 Å². The predicted molar refractivity (Wildman–Crippen MR) is 154 cm³/mol. The number of fused-ring (bicyclic) bond motifs is 1. The highest BCUT2D eigenvalue weighted by molar-refractivity contribution is 5.94. The molecule has 1 aliphatic rings. The molecule has 1 aliphatic heterocycles. The zero-order chi connectivity index (χ0) is 27.0. The van der Waals surface area contributed by atoms with Crippen molar-refractivity contribution in [3.05, 3.63) is 89.6 Å². The maximum Gasteiger partial charge on any atom is 0.167 e. The first-order chi connectivity index (χ1) is 19.1. The summed E-state index contributed by atoms with van der Waals surface area (Å²) in [7, 11) is 1.62. The van der Waals surface area contributed by atoms with Crippen LogP contribution in [0.5, 0.6) is 11.5 Å². The van der Waals surface area contributed by atoms with Gasteiger partial charge in [-0.2, -0.15) is 0 Å². The summed E-state index contributed by atoms with van der Waals surface area (Å²) in [5.41, 5.74) is 3.97. The second-order valence-corrected chi connectivity index (χ2v) is 10.6. The Kier molecular flexibility index (Phi) is 8.94. The van der Waals surface area contributed by atoms with Gasteiger partial charge in [-0.05, 0) is 100 Å². The molecule has 0 saturated carbocycles. The Bertz CT molecular complexity index is 1360. The fraction of sp³-hybridized carbons (Fsp3) is 0.394. The molecule has 1 aromatic heterocycles. The fourth-order valence-corrected chi connectivity index (χ4v) is 5.53. The minimum atomic E-state index is 0.0149. The monoisotopic (exact) mass is 526 g/mol. The number of Topliss-reactive ketones (excluding diaryl/α,β-unsaturated/α-hetero) is 1. The topological polar surface area (TPSA) is 64.8 Å². The van der Waals surface area contributed by atoms with Crippen LogP contribution < -0.4 is 9.47 Å². The molecule has 6 nitrogen and oxygen atoms in total. The van der Waals surface area contributed by atoms with Crippen LogP contribution in [0.4, 0.5) is 0 Å². The van der Waals surface area contributed by atoms with Gasteiger partial charge >= 0.3 is 0 Å². The molecule has 0 amide bonds. The third kappa shape index (κ3) is 6.87. The molecule has 1 atom stereocenters. The molecule has 39 heavy (non-hydrogen) atoms. The number of para-hydroxylation sites is 1. The van der Waals surface area contributed by atoms with E-state index >= 15 is 0 Å². The van der Waals surface area contributed by atoms with Crippen LogP contribution in [0.1, 0.15) is 60.1 Å². The van der Waals surface area contributed by atoms with Crippen LogP contribution in [-0.4, -0.2) is 49.2 Å². The molecular formula is C33H38N2O4. The SMILES string of the molecule is COc1cc(C(C)=O)ccc1OC[C@@H](CCc1ccccc1)CCN1CCC(c2noc3ccccc23)CC1. The second-order valence-electron chi connectivity index (χ2n) is 10.6. The van der Waals surface area contributed by atoms with Gasteiger partial charge in [-0.15, -0.1) is 0 Å². The Morgan fingerprint density at radius 2 is 1.77 bits per heavy atom. The Hall–Kier alpha value is -3.64. The van der Waals surface area contributed by atoms with Gasteiger partial charge < -0.3 is 18.9 Å². The number of hydrogen-bond donors (Lipinski definition) is 0. The number of aryl methyl sites for hydroxylation is 1. The summed E-state index contributed by atoms with van der Waals surface area (Å²) >= 11 is 0. The van der Waals surface area contributed by atoms with Crippen LogP contribution in [0, 0.1) is 5.92 Å². The second kappa shape index (κ2) is 12.9. The third-order valence-electron chi connectivity index (χ3n) is 7.96. The van der Waals surface area contributed by atoms with Crippen LogP contribution >= 0.6 is 0 Å². The zero-order valence-corrected chi connectivity index (χ0v) is 23.0. The minimum Gasteiger partial charge on any atom is -0.493 e. The van der Waals surface area contributed by atoms with E-state index in [2.05, 4.69) is 52.5 Å². The van der Waals surface area contributed by atoms with Gasteiger partial charge in [-0.3, -0.25) is 4.79 Å². The molecule has 1 saturated heterocycles. The van der Waals surface area contributed by atoms with E-state index in [1.165, 1.54) is 5.56 Å². The average Bonchev–Trinajstić information content (AvgIpc) is 3.41. The summed E-state index contributed by atoms with van der Waals surface area (Å²) in [4.78, 5) is 14.4. The number of rotatable bonds is 12. The van der Waals surface area contributed by atoms with E-state index in [0.717, 1.165) is 68.4 Å². The molecule has 0 spiro atoms. The number of piperidine rings is 1.